The van der Waals surface area contributed by atoms with E-state index in [1.165, 1.54) is 0 Å². The van der Waals surface area contributed by atoms with E-state index in [0.29, 0.717) is 31.6 Å². The molecule has 178 valence electrons. The summed E-state index contributed by atoms with van der Waals surface area (Å²) in [7, 11) is 0. The number of nitrogens with two attached hydrogens (primary N) is 12. The summed E-state index contributed by atoms with van der Waals surface area (Å²) in [6, 6.07) is -0.687. The molecular weight excluding hydrogens is 459 g/mol. The van der Waals surface area contributed by atoms with Gasteiger partial charge in [0.1, 0.15) is 0 Å². The van der Waals surface area contributed by atoms with E-state index in [-0.39, 0.29) is 0 Å². The number of unbranched alkanes of at least 4 members (excludes halogenated alkanes) is 1. The third-order valence-corrected chi connectivity index (χ3v) is 19.0. The molecule has 0 aromatic heterocycles. The van der Waals surface area contributed by atoms with Crippen LogP contribution in [-0.4, -0.2) is 46.3 Å². The molecule has 0 spiro atoms. The Morgan fingerprint density at radius 1 is 0.724 bits per heavy atom. The maximum absolute atomic E-state index is 6.79. The third kappa shape index (κ3) is 4.00. The number of halogens is 1. The van der Waals surface area contributed by atoms with Crippen molar-refractivity contribution in [2.75, 3.05) is 12.3 Å². The van der Waals surface area contributed by atoms with E-state index in [1.807, 2.05) is 20.8 Å². The summed E-state index contributed by atoms with van der Waals surface area (Å²) in [4.78, 5) is 0. The summed E-state index contributed by atoms with van der Waals surface area (Å²) in [5, 5.41) is -7.61. The van der Waals surface area contributed by atoms with E-state index in [4.69, 9.17) is 68.8 Å². The summed E-state index contributed by atoms with van der Waals surface area (Å²) in [6.07, 6.45) is 3.29. The Bertz CT molecular complexity index is 564. The average molecular weight is 505 g/mol. The molecule has 0 aromatic carbocycles. The number of rotatable bonds is 12. The summed E-state index contributed by atoms with van der Waals surface area (Å²) < 4.78 is 0. The molecule has 0 saturated heterocycles. The minimum atomic E-state index is -3.98. The molecule has 0 fully saturated rings. The Morgan fingerprint density at radius 3 is 1.48 bits per heavy atom. The van der Waals surface area contributed by atoms with E-state index >= 15 is 0 Å². The molecule has 0 heterocycles. The zero-order valence-corrected chi connectivity index (χ0v) is 20.6. The van der Waals surface area contributed by atoms with Gasteiger partial charge in [-0.3, -0.25) is 0 Å². The molecule has 0 saturated carbocycles. The van der Waals surface area contributed by atoms with Gasteiger partial charge < -0.3 is 0 Å². The Hall–Kier alpha value is 0.430. The first-order valence-electron chi connectivity index (χ1n) is 9.83. The molecule has 0 aromatic rings. The van der Waals surface area contributed by atoms with Crippen LogP contribution in [0.2, 0.25) is 0 Å². The summed E-state index contributed by atoms with van der Waals surface area (Å²) >= 11 is 3.89. The Labute approximate surface area is 182 Å². The predicted octanol–water partition coefficient (Wildman–Crippen LogP) is -3.30. The second-order valence-electron chi connectivity index (χ2n) is 8.58. The molecule has 1 unspecified atom stereocenters. The monoisotopic (exact) mass is 504 g/mol. The van der Waals surface area contributed by atoms with Gasteiger partial charge in [-0.15, -0.1) is 0 Å². The molecular formula is C15H46BrN12P. The second kappa shape index (κ2) is 8.75. The van der Waals surface area contributed by atoms with Crippen molar-refractivity contribution in [3.63, 3.8) is 0 Å². The van der Waals surface area contributed by atoms with Crippen molar-refractivity contribution in [3.8, 4) is 0 Å². The molecule has 0 radical (unpaired) electrons. The molecule has 0 bridgehead atoms. The van der Waals surface area contributed by atoms with E-state index < -0.39 is 39.3 Å². The number of hydrogen-bond donors (Lipinski definition) is 12. The molecule has 24 N–H and O–H groups in total. The van der Waals surface area contributed by atoms with Crippen molar-refractivity contribution >= 4 is 20.8 Å². The van der Waals surface area contributed by atoms with Crippen molar-refractivity contribution in [2.24, 2.45) is 68.8 Å². The first kappa shape index (κ1) is 29.4. The van der Waals surface area contributed by atoms with Crippen LogP contribution in [0, 0.1) is 0 Å². The van der Waals surface area contributed by atoms with Crippen LogP contribution in [0.3, 0.4) is 0 Å². The van der Waals surface area contributed by atoms with Gasteiger partial charge in [-0.25, -0.2) is 0 Å². The molecule has 1 atom stereocenters. The third-order valence-electron chi connectivity index (χ3n) is 6.50. The van der Waals surface area contributed by atoms with Gasteiger partial charge in [0.2, 0.25) is 0 Å². The van der Waals surface area contributed by atoms with Crippen LogP contribution in [0.25, 0.3) is 0 Å². The van der Waals surface area contributed by atoms with Crippen molar-refractivity contribution in [2.45, 2.75) is 80.4 Å². The minimum absolute atomic E-state index is 0.373. The van der Waals surface area contributed by atoms with Crippen LogP contribution < -0.4 is 68.8 Å². The van der Waals surface area contributed by atoms with Crippen molar-refractivity contribution < 1.29 is 0 Å². The van der Waals surface area contributed by atoms with Crippen molar-refractivity contribution in [1.82, 2.24) is 0 Å². The van der Waals surface area contributed by atoms with Gasteiger partial charge in [0, 0.05) is 0 Å². The first-order valence-corrected chi connectivity index (χ1v) is 14.5. The quantitative estimate of drug-likeness (QED) is 0.0916. The van der Waals surface area contributed by atoms with Crippen molar-refractivity contribution in [3.05, 3.63) is 0 Å². The molecule has 0 aliphatic rings. The zero-order valence-electron chi connectivity index (χ0n) is 18.1. The normalized spacial score (nSPS) is 17.7. The van der Waals surface area contributed by atoms with Gasteiger partial charge in [0.05, 0.1) is 0 Å². The average Bonchev–Trinajstić information content (AvgIpc) is 2.57. The standard InChI is InChI=1S/C15H46BrN12P/c1-4-7-9-29(16,8-5-2,11(18,19)10(17)6-3)15(27,28)13(22,23)12(20,21)14(24,25)26/h10H,4-9,17-28H2,1-3H3. The van der Waals surface area contributed by atoms with Gasteiger partial charge in [-0.05, 0) is 0 Å². The zero-order chi connectivity index (χ0) is 23.8. The Kier molecular flexibility index (Phi) is 8.88. The Balaban J connectivity index is 7.30. The van der Waals surface area contributed by atoms with Crippen molar-refractivity contribution in [1.29, 1.82) is 0 Å². The maximum atomic E-state index is 6.79. The fourth-order valence-corrected chi connectivity index (χ4v) is 13.7. The van der Waals surface area contributed by atoms with Gasteiger partial charge in [-0.1, -0.05) is 0 Å². The molecule has 0 amide bonds. The second-order valence-corrected chi connectivity index (χ2v) is 18.9. The van der Waals surface area contributed by atoms with Gasteiger partial charge in [-0.2, -0.15) is 0 Å². The van der Waals surface area contributed by atoms with Gasteiger partial charge in [0.15, 0.2) is 0 Å². The van der Waals surface area contributed by atoms with Crippen LogP contribution >= 0.6 is 20.8 Å². The topological polar surface area (TPSA) is 312 Å². The van der Waals surface area contributed by atoms with Crippen LogP contribution in [0.4, 0.5) is 0 Å². The summed E-state index contributed by atoms with van der Waals surface area (Å²) in [6.45, 7) is 5.79. The fourth-order valence-electron chi connectivity index (χ4n) is 3.96. The molecule has 0 aliphatic heterocycles. The van der Waals surface area contributed by atoms with Crippen LogP contribution in [0.5, 0.6) is 0 Å². The molecule has 0 aliphatic carbocycles. The fraction of sp³-hybridized carbons (Fsp3) is 1.00. The van der Waals surface area contributed by atoms with Gasteiger partial charge >= 0.3 is 182 Å². The van der Waals surface area contributed by atoms with Gasteiger partial charge in [0.25, 0.3) is 0 Å². The first-order chi connectivity index (χ1) is 12.7. The van der Waals surface area contributed by atoms with E-state index in [0.717, 1.165) is 6.42 Å². The molecule has 14 heteroatoms. The Morgan fingerprint density at radius 2 is 1.17 bits per heavy atom. The van der Waals surface area contributed by atoms with E-state index in [1.54, 1.807) is 0 Å². The summed E-state index contributed by atoms with van der Waals surface area (Å²) in [5.74, 6) is -2.22. The molecule has 12 nitrogen and oxygen atoms in total. The van der Waals surface area contributed by atoms with E-state index in [9.17, 15) is 0 Å². The van der Waals surface area contributed by atoms with Crippen LogP contribution in [-0.2, 0) is 0 Å². The summed E-state index contributed by atoms with van der Waals surface area (Å²) in [5.41, 5.74) is 71.5. The van der Waals surface area contributed by atoms with E-state index in [2.05, 4.69) is 15.5 Å². The van der Waals surface area contributed by atoms with Crippen LogP contribution in [0.15, 0.2) is 0 Å². The molecule has 29 heavy (non-hydrogen) atoms. The molecule has 0 rings (SSSR count). The SMILES string of the molecule is CCCCP(Br)(CCC)(C(N)(N)C(N)CC)C(N)(N)C(N)(N)C(N)(N)C(N)(N)N. The predicted molar refractivity (Wildman–Crippen MR) is 129 cm³/mol. The van der Waals surface area contributed by atoms with Crippen LogP contribution in [0.1, 0.15) is 46.5 Å². The number of hydrogen-bond acceptors (Lipinski definition) is 12.